The highest BCUT2D eigenvalue weighted by Crippen LogP contribution is 2.20. The van der Waals surface area contributed by atoms with Crippen LogP contribution in [-0.4, -0.2) is 54.0 Å². The monoisotopic (exact) mass is 443 g/mol. The molecule has 1 fully saturated rings. The van der Waals surface area contributed by atoms with E-state index in [9.17, 15) is 9.59 Å². The van der Waals surface area contributed by atoms with E-state index in [-0.39, 0.29) is 5.56 Å². The van der Waals surface area contributed by atoms with Crippen molar-refractivity contribution in [3.8, 4) is 0 Å². The van der Waals surface area contributed by atoms with Crippen molar-refractivity contribution >= 4 is 44.4 Å². The van der Waals surface area contributed by atoms with E-state index in [1.54, 1.807) is 24.3 Å². The number of carbonyl (C=O) groups excluding carboxylic acids is 1. The first kappa shape index (κ1) is 18.6. The molecule has 0 atom stereocenters. The predicted molar refractivity (Wildman–Crippen MR) is 110 cm³/mol. The number of fused-ring (bicyclic) bond motifs is 1. The molecule has 0 spiro atoms. The van der Waals surface area contributed by atoms with Gasteiger partial charge >= 0.3 is 5.63 Å². The van der Waals surface area contributed by atoms with E-state index in [1.807, 2.05) is 0 Å². The minimum Gasteiger partial charge on any atom is -0.422 e. The molecule has 1 aliphatic heterocycles. The molecule has 0 bridgehead atoms. The zero-order chi connectivity index (χ0) is 19.7. The van der Waals surface area contributed by atoms with Crippen molar-refractivity contribution in [2.45, 2.75) is 0 Å². The van der Waals surface area contributed by atoms with Crippen LogP contribution in [0.5, 0.6) is 0 Å². The Labute approximate surface area is 169 Å². The van der Waals surface area contributed by atoms with Crippen molar-refractivity contribution in [2.75, 3.05) is 43.4 Å². The number of nitrogens with one attached hydrogen (secondary N) is 1. The second kappa shape index (κ2) is 7.69. The summed E-state index contributed by atoms with van der Waals surface area (Å²) in [6.45, 7) is 3.59. The van der Waals surface area contributed by atoms with Gasteiger partial charge in [-0.25, -0.2) is 14.8 Å². The number of rotatable bonds is 3. The van der Waals surface area contributed by atoms with Crippen LogP contribution in [0.3, 0.4) is 0 Å². The molecule has 0 saturated carbocycles. The lowest BCUT2D eigenvalue weighted by Gasteiger charge is -2.33. The van der Waals surface area contributed by atoms with E-state index in [2.05, 4.69) is 48.1 Å². The molecule has 1 aliphatic rings. The third kappa shape index (κ3) is 3.90. The molecule has 2 aromatic heterocycles. The molecule has 4 rings (SSSR count). The Morgan fingerprint density at radius 1 is 1.14 bits per heavy atom. The average Bonchev–Trinajstić information content (AvgIpc) is 2.68. The maximum Gasteiger partial charge on any atom is 0.349 e. The van der Waals surface area contributed by atoms with Crippen molar-refractivity contribution < 1.29 is 9.21 Å². The predicted octanol–water partition coefficient (Wildman–Crippen LogP) is 2.35. The summed E-state index contributed by atoms with van der Waals surface area (Å²) in [5.41, 5.74) is -0.352. The summed E-state index contributed by atoms with van der Waals surface area (Å²) < 4.78 is 6.08. The molecule has 1 saturated heterocycles. The van der Waals surface area contributed by atoms with Gasteiger partial charge in [-0.3, -0.25) is 4.79 Å². The van der Waals surface area contributed by atoms with Gasteiger partial charge in [0.25, 0.3) is 5.91 Å². The van der Waals surface area contributed by atoms with Crippen LogP contribution in [0.4, 0.5) is 11.6 Å². The number of hydrogen-bond acceptors (Lipinski definition) is 7. The summed E-state index contributed by atoms with van der Waals surface area (Å²) in [6.07, 6.45) is 1.41. The molecule has 1 amide bonds. The quantitative estimate of drug-likeness (QED) is 0.621. The number of likely N-dealkylation sites (N-methyl/N-ethyl adjacent to an activating group) is 1. The van der Waals surface area contributed by atoms with Gasteiger partial charge in [-0.2, -0.15) is 0 Å². The summed E-state index contributed by atoms with van der Waals surface area (Å²) in [7, 11) is 2.08. The van der Waals surface area contributed by atoms with Gasteiger partial charge in [0.15, 0.2) is 0 Å². The maximum atomic E-state index is 12.6. The third-order valence-electron chi connectivity index (χ3n) is 4.66. The molecule has 144 valence electrons. The zero-order valence-electron chi connectivity index (χ0n) is 15.2. The van der Waals surface area contributed by atoms with Gasteiger partial charge < -0.3 is 19.5 Å². The first-order valence-corrected chi connectivity index (χ1v) is 9.59. The number of hydrogen-bond donors (Lipinski definition) is 1. The maximum absolute atomic E-state index is 12.6. The van der Waals surface area contributed by atoms with Crippen molar-refractivity contribution in [3.05, 3.63) is 57.1 Å². The fourth-order valence-corrected chi connectivity index (χ4v) is 3.44. The number of benzene rings is 1. The molecule has 3 heterocycles. The molecule has 3 aromatic rings. The van der Waals surface area contributed by atoms with Crippen molar-refractivity contribution in [2.24, 2.45) is 0 Å². The number of amides is 1. The van der Waals surface area contributed by atoms with E-state index < -0.39 is 11.5 Å². The number of carbonyl (C=O) groups is 1. The third-order valence-corrected chi connectivity index (χ3v) is 5.15. The largest absolute Gasteiger partial charge is 0.422 e. The van der Waals surface area contributed by atoms with E-state index >= 15 is 0 Å². The van der Waals surface area contributed by atoms with Crippen molar-refractivity contribution in [1.82, 2.24) is 14.9 Å². The molecule has 0 unspecified atom stereocenters. The highest BCUT2D eigenvalue weighted by Gasteiger charge is 2.18. The Hall–Kier alpha value is -2.78. The molecule has 28 heavy (non-hydrogen) atoms. The fraction of sp³-hybridized carbons (Fsp3) is 0.263. The lowest BCUT2D eigenvalue weighted by molar-refractivity contribution is 0.102. The number of halogens is 1. The smallest absolute Gasteiger partial charge is 0.349 e. The molecular weight excluding hydrogens is 426 g/mol. The lowest BCUT2D eigenvalue weighted by atomic mass is 10.2. The van der Waals surface area contributed by atoms with Crippen LogP contribution in [0.1, 0.15) is 10.4 Å². The fourth-order valence-electron chi connectivity index (χ4n) is 3.06. The highest BCUT2D eigenvalue weighted by molar-refractivity contribution is 9.10. The second-order valence-electron chi connectivity index (χ2n) is 6.64. The van der Waals surface area contributed by atoms with E-state index in [4.69, 9.17) is 4.42 Å². The van der Waals surface area contributed by atoms with Gasteiger partial charge in [0.05, 0.1) is 0 Å². The van der Waals surface area contributed by atoms with Crippen LogP contribution in [0.25, 0.3) is 11.0 Å². The zero-order valence-corrected chi connectivity index (χ0v) is 16.8. The van der Waals surface area contributed by atoms with Crippen LogP contribution in [0, 0.1) is 0 Å². The standard InChI is InChI=1S/C19H18BrN5O3/c1-24-4-6-25(7-5-24)17-10-16(21-11-22-17)23-18(26)14-9-12-8-13(20)2-3-15(12)28-19(14)27/h2-3,8-11H,4-7H2,1H3,(H,21,22,23,26). The van der Waals surface area contributed by atoms with E-state index in [0.717, 1.165) is 36.5 Å². The Morgan fingerprint density at radius 3 is 2.71 bits per heavy atom. The van der Waals surface area contributed by atoms with E-state index in [0.29, 0.717) is 16.8 Å². The molecule has 0 radical (unpaired) electrons. The normalized spacial score (nSPS) is 15.0. The molecule has 9 heteroatoms. The number of nitrogens with zero attached hydrogens (tertiary/aromatic N) is 4. The van der Waals surface area contributed by atoms with Gasteiger partial charge in [0.1, 0.15) is 29.1 Å². The second-order valence-corrected chi connectivity index (χ2v) is 7.55. The summed E-state index contributed by atoms with van der Waals surface area (Å²) in [4.78, 5) is 37.6. The number of piperazine rings is 1. The van der Waals surface area contributed by atoms with Crippen LogP contribution in [0.2, 0.25) is 0 Å². The van der Waals surface area contributed by atoms with Gasteiger partial charge in [-0.15, -0.1) is 0 Å². The van der Waals surface area contributed by atoms with Gasteiger partial charge in [0.2, 0.25) is 0 Å². The molecule has 0 aliphatic carbocycles. The first-order valence-electron chi connectivity index (χ1n) is 8.80. The Morgan fingerprint density at radius 2 is 1.93 bits per heavy atom. The van der Waals surface area contributed by atoms with Gasteiger partial charge in [0, 0.05) is 42.1 Å². The van der Waals surface area contributed by atoms with Gasteiger partial charge in [-0.05, 0) is 31.3 Å². The average molecular weight is 444 g/mol. The summed E-state index contributed by atoms with van der Waals surface area (Å²) in [6, 6.07) is 8.46. The SMILES string of the molecule is CN1CCN(c2cc(NC(=O)c3cc4cc(Br)ccc4oc3=O)ncn2)CC1. The van der Waals surface area contributed by atoms with Crippen LogP contribution in [0.15, 0.2) is 50.3 Å². The highest BCUT2D eigenvalue weighted by atomic mass is 79.9. The summed E-state index contributed by atoms with van der Waals surface area (Å²) in [5, 5.41) is 3.32. The Balaban J connectivity index is 1.57. The number of anilines is 2. The first-order chi connectivity index (χ1) is 13.5. The summed E-state index contributed by atoms with van der Waals surface area (Å²) >= 11 is 3.37. The molecular formula is C19H18BrN5O3. The van der Waals surface area contributed by atoms with Crippen LogP contribution >= 0.6 is 15.9 Å². The van der Waals surface area contributed by atoms with Crippen molar-refractivity contribution in [1.29, 1.82) is 0 Å². The lowest BCUT2D eigenvalue weighted by Crippen LogP contribution is -2.44. The topological polar surface area (TPSA) is 91.6 Å². The minimum absolute atomic E-state index is 0.0784. The molecule has 1 aromatic carbocycles. The van der Waals surface area contributed by atoms with Crippen LogP contribution in [-0.2, 0) is 0 Å². The van der Waals surface area contributed by atoms with Crippen molar-refractivity contribution in [3.63, 3.8) is 0 Å². The van der Waals surface area contributed by atoms with E-state index in [1.165, 1.54) is 12.4 Å². The van der Waals surface area contributed by atoms with Crippen LogP contribution < -0.4 is 15.8 Å². The summed E-state index contributed by atoms with van der Waals surface area (Å²) in [5.74, 6) is 0.509. The van der Waals surface area contributed by atoms with Gasteiger partial charge in [-0.1, -0.05) is 15.9 Å². The number of aromatic nitrogens is 2. The Bertz CT molecular complexity index is 1090. The minimum atomic E-state index is -0.694. The molecule has 1 N–H and O–H groups in total. The Kier molecular flexibility index (Phi) is 5.10. The molecule has 8 nitrogen and oxygen atoms in total.